The molecule has 1 fully saturated rings. The average molecular weight is 392 g/mol. The maximum atomic E-state index is 13.4. The lowest BCUT2D eigenvalue weighted by Crippen LogP contribution is -2.34. The van der Waals surface area contributed by atoms with Gasteiger partial charge in [-0.15, -0.1) is 0 Å². The summed E-state index contributed by atoms with van der Waals surface area (Å²) in [5.41, 5.74) is 9.96. The monoisotopic (exact) mass is 392 g/mol. The van der Waals surface area contributed by atoms with Crippen molar-refractivity contribution in [1.29, 1.82) is 0 Å². The number of piperidine rings is 1. The lowest BCUT2D eigenvalue weighted by atomic mass is 9.89. The van der Waals surface area contributed by atoms with Crippen LogP contribution in [0.25, 0.3) is 11.1 Å². The zero-order valence-corrected chi connectivity index (χ0v) is 16.5. The lowest BCUT2D eigenvalue weighted by molar-refractivity contribution is 0.198. The molecule has 150 valence electrons. The largest absolute Gasteiger partial charge is 0.497 e. The molecule has 2 aromatic carbocycles. The number of nitrogens with zero attached hydrogens (tertiary/aromatic N) is 3. The number of methoxy groups -OCH3 is 1. The number of benzene rings is 2. The van der Waals surface area contributed by atoms with Gasteiger partial charge < -0.3 is 10.5 Å². The van der Waals surface area contributed by atoms with Crippen molar-refractivity contribution in [3.63, 3.8) is 0 Å². The third-order valence-corrected chi connectivity index (χ3v) is 5.45. The summed E-state index contributed by atoms with van der Waals surface area (Å²) in [5.74, 6) is 1.14. The molecule has 29 heavy (non-hydrogen) atoms. The number of hydrogen-bond acceptors (Lipinski definition) is 5. The molecular weight excluding hydrogens is 367 g/mol. The molecule has 0 saturated carbocycles. The van der Waals surface area contributed by atoms with Crippen LogP contribution in [0, 0.1) is 5.82 Å². The smallest absolute Gasteiger partial charge is 0.220 e. The van der Waals surface area contributed by atoms with Crippen molar-refractivity contribution in [1.82, 2.24) is 14.9 Å². The number of anilines is 1. The molecule has 4 rings (SSSR count). The second kappa shape index (κ2) is 8.57. The highest BCUT2D eigenvalue weighted by Crippen LogP contribution is 2.34. The summed E-state index contributed by atoms with van der Waals surface area (Å²) in [6, 6.07) is 14.7. The molecule has 6 heteroatoms. The summed E-state index contributed by atoms with van der Waals surface area (Å²) < 4.78 is 18.6. The minimum absolute atomic E-state index is 0.255. The van der Waals surface area contributed by atoms with Crippen molar-refractivity contribution < 1.29 is 9.13 Å². The molecule has 1 aliphatic heterocycles. The Morgan fingerprint density at radius 1 is 1.14 bits per heavy atom. The number of rotatable bonds is 5. The maximum Gasteiger partial charge on any atom is 0.220 e. The highest BCUT2D eigenvalue weighted by molar-refractivity contribution is 5.66. The SMILES string of the molecule is COc1ccc(CN2CCC[C@H](c3nc(N)ncc3-c3ccc(F)cc3)C2)cc1. The topological polar surface area (TPSA) is 64.3 Å². The van der Waals surface area contributed by atoms with E-state index in [0.29, 0.717) is 0 Å². The number of hydrogen-bond donors (Lipinski definition) is 1. The van der Waals surface area contributed by atoms with Crippen LogP contribution in [0.1, 0.15) is 30.0 Å². The number of halogens is 1. The number of likely N-dealkylation sites (tertiary alicyclic amines) is 1. The van der Waals surface area contributed by atoms with Gasteiger partial charge in [-0.1, -0.05) is 24.3 Å². The molecule has 0 aliphatic carbocycles. The van der Waals surface area contributed by atoms with Gasteiger partial charge in [0.05, 0.1) is 12.8 Å². The van der Waals surface area contributed by atoms with Crippen LogP contribution in [-0.4, -0.2) is 35.1 Å². The van der Waals surface area contributed by atoms with Crippen molar-refractivity contribution in [3.8, 4) is 16.9 Å². The molecule has 0 amide bonds. The van der Waals surface area contributed by atoms with Crippen LogP contribution in [0.15, 0.2) is 54.7 Å². The van der Waals surface area contributed by atoms with Crippen LogP contribution in [0.2, 0.25) is 0 Å². The first-order valence-electron chi connectivity index (χ1n) is 9.86. The Hall–Kier alpha value is -2.99. The van der Waals surface area contributed by atoms with Gasteiger partial charge in [0, 0.05) is 30.8 Å². The van der Waals surface area contributed by atoms with Gasteiger partial charge >= 0.3 is 0 Å². The quantitative estimate of drug-likeness (QED) is 0.703. The molecule has 1 saturated heterocycles. The van der Waals surface area contributed by atoms with E-state index in [2.05, 4.69) is 27.0 Å². The highest BCUT2D eigenvalue weighted by atomic mass is 19.1. The standard InChI is InChI=1S/C23H25FN4O/c1-29-20-10-4-16(5-11-20)14-28-12-2-3-18(15-28)22-21(13-26-23(25)27-22)17-6-8-19(24)9-7-17/h4-11,13,18H,2-3,12,14-15H2,1H3,(H2,25,26,27)/t18-/m0/s1. The second-order valence-electron chi connectivity index (χ2n) is 7.46. The molecule has 1 aromatic heterocycles. The van der Waals surface area contributed by atoms with E-state index in [1.54, 1.807) is 25.4 Å². The molecule has 3 aromatic rings. The Kier molecular flexibility index (Phi) is 5.71. The van der Waals surface area contributed by atoms with Crippen LogP contribution in [0.5, 0.6) is 5.75 Å². The molecule has 2 heterocycles. The molecule has 1 aliphatic rings. The van der Waals surface area contributed by atoms with E-state index >= 15 is 0 Å². The Morgan fingerprint density at radius 2 is 1.90 bits per heavy atom. The molecule has 2 N–H and O–H groups in total. The van der Waals surface area contributed by atoms with E-state index in [9.17, 15) is 4.39 Å². The van der Waals surface area contributed by atoms with Gasteiger partial charge in [-0.05, 0) is 54.8 Å². The predicted octanol–water partition coefficient (Wildman–Crippen LogP) is 4.25. The first kappa shape index (κ1) is 19.3. The van der Waals surface area contributed by atoms with Crippen LogP contribution in [-0.2, 0) is 6.54 Å². The van der Waals surface area contributed by atoms with Crippen LogP contribution in [0.3, 0.4) is 0 Å². The number of aromatic nitrogens is 2. The fraction of sp³-hybridized carbons (Fsp3) is 0.304. The lowest BCUT2D eigenvalue weighted by Gasteiger charge is -2.33. The Balaban J connectivity index is 1.56. The van der Waals surface area contributed by atoms with E-state index < -0.39 is 0 Å². The molecule has 0 bridgehead atoms. The fourth-order valence-electron chi connectivity index (χ4n) is 3.98. The summed E-state index contributed by atoms with van der Waals surface area (Å²) in [6.07, 6.45) is 3.89. The summed E-state index contributed by atoms with van der Waals surface area (Å²) in [7, 11) is 1.68. The van der Waals surface area contributed by atoms with Gasteiger partial charge in [0.15, 0.2) is 0 Å². The van der Waals surface area contributed by atoms with Crippen molar-refractivity contribution in [2.75, 3.05) is 25.9 Å². The van der Waals surface area contributed by atoms with Crippen LogP contribution < -0.4 is 10.5 Å². The van der Waals surface area contributed by atoms with Gasteiger partial charge in [-0.3, -0.25) is 4.90 Å². The Morgan fingerprint density at radius 3 is 2.62 bits per heavy atom. The van der Waals surface area contributed by atoms with E-state index in [1.165, 1.54) is 17.7 Å². The van der Waals surface area contributed by atoms with Gasteiger partial charge in [0.1, 0.15) is 11.6 Å². The minimum atomic E-state index is -0.255. The van der Waals surface area contributed by atoms with Gasteiger partial charge in [-0.25, -0.2) is 14.4 Å². The summed E-state index contributed by atoms with van der Waals surface area (Å²) >= 11 is 0. The number of nitrogen functional groups attached to an aromatic ring is 1. The fourth-order valence-corrected chi connectivity index (χ4v) is 3.98. The minimum Gasteiger partial charge on any atom is -0.497 e. The van der Waals surface area contributed by atoms with E-state index in [4.69, 9.17) is 10.5 Å². The molecule has 0 unspecified atom stereocenters. The van der Waals surface area contributed by atoms with Crippen LogP contribution >= 0.6 is 0 Å². The number of nitrogens with two attached hydrogens (primary N) is 1. The molecule has 0 spiro atoms. The normalized spacial score (nSPS) is 17.2. The van der Waals surface area contributed by atoms with Gasteiger partial charge in [0.2, 0.25) is 5.95 Å². The number of ether oxygens (including phenoxy) is 1. The summed E-state index contributed by atoms with van der Waals surface area (Å²) in [4.78, 5) is 11.2. The zero-order valence-electron chi connectivity index (χ0n) is 16.5. The molecule has 1 atom stereocenters. The Labute approximate surface area is 170 Å². The molecule has 5 nitrogen and oxygen atoms in total. The predicted molar refractivity (Wildman–Crippen MR) is 112 cm³/mol. The van der Waals surface area contributed by atoms with Crippen molar-refractivity contribution in [2.24, 2.45) is 0 Å². The van der Waals surface area contributed by atoms with Gasteiger partial charge in [-0.2, -0.15) is 0 Å². The molecule has 0 radical (unpaired) electrons. The van der Waals surface area contributed by atoms with Crippen molar-refractivity contribution in [3.05, 3.63) is 71.8 Å². The first-order chi connectivity index (χ1) is 14.1. The first-order valence-corrected chi connectivity index (χ1v) is 9.86. The second-order valence-corrected chi connectivity index (χ2v) is 7.46. The van der Waals surface area contributed by atoms with Crippen molar-refractivity contribution >= 4 is 5.95 Å². The Bertz CT molecular complexity index is 960. The summed E-state index contributed by atoms with van der Waals surface area (Å²) in [6.45, 7) is 2.83. The van der Waals surface area contributed by atoms with E-state index in [-0.39, 0.29) is 17.7 Å². The van der Waals surface area contributed by atoms with Crippen molar-refractivity contribution in [2.45, 2.75) is 25.3 Å². The highest BCUT2D eigenvalue weighted by Gasteiger charge is 2.25. The zero-order chi connectivity index (χ0) is 20.2. The van der Waals surface area contributed by atoms with Crippen LogP contribution in [0.4, 0.5) is 10.3 Å². The van der Waals surface area contributed by atoms with E-state index in [1.807, 2.05) is 12.1 Å². The third kappa shape index (κ3) is 4.54. The molecular formula is C23H25FN4O. The third-order valence-electron chi connectivity index (χ3n) is 5.45. The van der Waals surface area contributed by atoms with E-state index in [0.717, 1.165) is 55.0 Å². The summed E-state index contributed by atoms with van der Waals surface area (Å²) in [5, 5.41) is 0. The maximum absolute atomic E-state index is 13.4. The average Bonchev–Trinajstić information content (AvgIpc) is 2.75. The van der Waals surface area contributed by atoms with Gasteiger partial charge in [0.25, 0.3) is 0 Å².